The highest BCUT2D eigenvalue weighted by atomic mass is 35.5. The van der Waals surface area contributed by atoms with E-state index in [1.807, 2.05) is 0 Å². The normalized spacial score (nSPS) is 13.2. The van der Waals surface area contributed by atoms with Crippen LogP contribution >= 0.6 is 12.4 Å². The molecule has 1 aromatic rings. The smallest absolute Gasteiger partial charge is 0.231 e. The largest absolute Gasteiger partial charge is 0.491 e. The summed E-state index contributed by atoms with van der Waals surface area (Å²) in [6, 6.07) is 5.17. The summed E-state index contributed by atoms with van der Waals surface area (Å²) in [7, 11) is 0. The Kier molecular flexibility index (Phi) is 7.07. The van der Waals surface area contributed by atoms with E-state index in [2.05, 4.69) is 5.32 Å². The Bertz CT molecular complexity index is 472. The molecule has 1 aliphatic heterocycles. The van der Waals surface area contributed by atoms with Gasteiger partial charge in [-0.25, -0.2) is 0 Å². The standard InChI is InChI=1S/C13H18N2O5.ClH/c14-4-3-13(17)15-6-9(16)7-18-10-1-2-11-12(5-10)20-8-19-11;/h1-2,5,9,16H,3-4,6-8,14H2,(H,15,17);1H. The van der Waals surface area contributed by atoms with Crippen LogP contribution in [0.3, 0.4) is 0 Å². The zero-order valence-corrected chi connectivity index (χ0v) is 12.2. The molecule has 8 heteroatoms. The molecule has 21 heavy (non-hydrogen) atoms. The SMILES string of the molecule is Cl.NCCC(=O)NCC(O)COc1ccc2c(c1)OCO2. The molecule has 0 saturated carbocycles. The van der Waals surface area contributed by atoms with Crippen LogP contribution in [0.1, 0.15) is 6.42 Å². The number of hydrogen-bond acceptors (Lipinski definition) is 6. The molecule has 1 amide bonds. The highest BCUT2D eigenvalue weighted by Gasteiger charge is 2.14. The van der Waals surface area contributed by atoms with Gasteiger partial charge in [0.2, 0.25) is 12.7 Å². The zero-order chi connectivity index (χ0) is 14.4. The summed E-state index contributed by atoms with van der Waals surface area (Å²) in [4.78, 5) is 11.2. The van der Waals surface area contributed by atoms with E-state index in [9.17, 15) is 9.90 Å². The van der Waals surface area contributed by atoms with Crippen molar-refractivity contribution >= 4 is 18.3 Å². The average molecular weight is 319 g/mol. The van der Waals surface area contributed by atoms with Gasteiger partial charge in [0.05, 0.1) is 0 Å². The fraction of sp³-hybridized carbons (Fsp3) is 0.462. The van der Waals surface area contributed by atoms with E-state index in [1.165, 1.54) is 0 Å². The van der Waals surface area contributed by atoms with Crippen LogP contribution in [0.4, 0.5) is 0 Å². The van der Waals surface area contributed by atoms with Crippen molar-refractivity contribution in [2.24, 2.45) is 5.73 Å². The molecule has 1 unspecified atom stereocenters. The number of fused-ring (bicyclic) bond motifs is 1. The first-order valence-corrected chi connectivity index (χ1v) is 6.36. The van der Waals surface area contributed by atoms with Crippen molar-refractivity contribution in [3.05, 3.63) is 18.2 Å². The van der Waals surface area contributed by atoms with Gasteiger partial charge in [-0.05, 0) is 12.1 Å². The van der Waals surface area contributed by atoms with Crippen LogP contribution in [0, 0.1) is 0 Å². The van der Waals surface area contributed by atoms with Crippen LogP contribution in [-0.2, 0) is 4.79 Å². The van der Waals surface area contributed by atoms with Crippen LogP contribution < -0.4 is 25.3 Å². The number of carbonyl (C=O) groups excluding carboxylic acids is 1. The zero-order valence-electron chi connectivity index (χ0n) is 11.4. The van der Waals surface area contributed by atoms with E-state index in [0.717, 1.165) is 0 Å². The van der Waals surface area contributed by atoms with Gasteiger partial charge in [0, 0.05) is 25.6 Å². The fourth-order valence-corrected chi connectivity index (χ4v) is 1.67. The van der Waals surface area contributed by atoms with E-state index < -0.39 is 6.10 Å². The molecule has 118 valence electrons. The predicted molar refractivity (Wildman–Crippen MR) is 78.0 cm³/mol. The third-order valence-corrected chi connectivity index (χ3v) is 2.69. The first-order chi connectivity index (χ1) is 9.69. The molecule has 0 fully saturated rings. The highest BCUT2D eigenvalue weighted by Crippen LogP contribution is 2.35. The van der Waals surface area contributed by atoms with Gasteiger partial charge in [-0.15, -0.1) is 12.4 Å². The van der Waals surface area contributed by atoms with Crippen molar-refractivity contribution in [3.8, 4) is 17.2 Å². The quantitative estimate of drug-likeness (QED) is 0.656. The highest BCUT2D eigenvalue weighted by molar-refractivity contribution is 5.85. The van der Waals surface area contributed by atoms with Crippen molar-refractivity contribution in [2.75, 3.05) is 26.5 Å². The average Bonchev–Trinajstić information content (AvgIpc) is 2.90. The number of carbonyl (C=O) groups is 1. The van der Waals surface area contributed by atoms with Crippen LogP contribution in [0.2, 0.25) is 0 Å². The molecule has 0 saturated heterocycles. The molecule has 1 heterocycles. The maximum Gasteiger partial charge on any atom is 0.231 e. The minimum Gasteiger partial charge on any atom is -0.491 e. The number of hydrogen-bond donors (Lipinski definition) is 3. The Morgan fingerprint density at radius 3 is 2.95 bits per heavy atom. The molecule has 0 bridgehead atoms. The Morgan fingerprint density at radius 2 is 2.19 bits per heavy atom. The van der Waals surface area contributed by atoms with Gasteiger partial charge in [-0.3, -0.25) is 4.79 Å². The third kappa shape index (κ3) is 5.30. The molecule has 0 radical (unpaired) electrons. The van der Waals surface area contributed by atoms with Gasteiger partial charge < -0.3 is 30.4 Å². The van der Waals surface area contributed by atoms with Gasteiger partial charge >= 0.3 is 0 Å². The number of rotatable bonds is 7. The minimum absolute atomic E-state index is 0. The molecule has 4 N–H and O–H groups in total. The van der Waals surface area contributed by atoms with E-state index in [-0.39, 0.29) is 51.2 Å². The number of nitrogens with one attached hydrogen (secondary N) is 1. The van der Waals surface area contributed by atoms with Crippen LogP contribution in [-0.4, -0.2) is 43.6 Å². The number of aliphatic hydroxyl groups excluding tert-OH is 1. The summed E-state index contributed by atoms with van der Waals surface area (Å²) in [5.74, 6) is 1.68. The Balaban J connectivity index is 0.00000220. The summed E-state index contributed by atoms with van der Waals surface area (Å²) in [6.07, 6.45) is -0.544. The number of amides is 1. The Hall–Kier alpha value is -1.70. The molecule has 0 aromatic heterocycles. The lowest BCUT2D eigenvalue weighted by Crippen LogP contribution is -2.36. The molecule has 1 atom stereocenters. The maximum atomic E-state index is 11.2. The van der Waals surface area contributed by atoms with Crippen molar-refractivity contribution in [1.82, 2.24) is 5.32 Å². The number of benzene rings is 1. The lowest BCUT2D eigenvalue weighted by Gasteiger charge is -2.13. The van der Waals surface area contributed by atoms with E-state index >= 15 is 0 Å². The lowest BCUT2D eigenvalue weighted by atomic mass is 10.3. The van der Waals surface area contributed by atoms with E-state index in [4.69, 9.17) is 19.9 Å². The molecular weight excluding hydrogens is 300 g/mol. The second kappa shape index (κ2) is 8.56. The fourth-order valence-electron chi connectivity index (χ4n) is 1.67. The molecule has 1 aromatic carbocycles. The molecule has 0 aliphatic carbocycles. The summed E-state index contributed by atoms with van der Waals surface area (Å²) in [5.41, 5.74) is 5.25. The number of halogens is 1. The second-order valence-corrected chi connectivity index (χ2v) is 4.32. The second-order valence-electron chi connectivity index (χ2n) is 4.32. The molecule has 2 rings (SSSR count). The third-order valence-electron chi connectivity index (χ3n) is 2.69. The summed E-state index contributed by atoms with van der Waals surface area (Å²) < 4.78 is 15.8. The van der Waals surface area contributed by atoms with Gasteiger partial charge in [-0.1, -0.05) is 0 Å². The molecule has 7 nitrogen and oxygen atoms in total. The number of ether oxygens (including phenoxy) is 3. The van der Waals surface area contributed by atoms with E-state index in [1.54, 1.807) is 18.2 Å². The summed E-state index contributed by atoms with van der Waals surface area (Å²) in [5, 5.41) is 12.3. The first kappa shape index (κ1) is 17.4. The maximum absolute atomic E-state index is 11.2. The van der Waals surface area contributed by atoms with Crippen molar-refractivity contribution in [1.29, 1.82) is 0 Å². The molecule has 1 aliphatic rings. The Morgan fingerprint density at radius 1 is 1.43 bits per heavy atom. The van der Waals surface area contributed by atoms with Crippen molar-refractivity contribution in [3.63, 3.8) is 0 Å². The van der Waals surface area contributed by atoms with Crippen molar-refractivity contribution < 1.29 is 24.1 Å². The van der Waals surface area contributed by atoms with Crippen LogP contribution in [0.15, 0.2) is 18.2 Å². The predicted octanol–water partition coefficient (Wildman–Crippen LogP) is 0.0418. The van der Waals surface area contributed by atoms with Gasteiger partial charge in [-0.2, -0.15) is 0 Å². The molecular formula is C13H19ClN2O5. The number of aliphatic hydroxyl groups is 1. The summed E-state index contributed by atoms with van der Waals surface area (Å²) in [6.45, 7) is 0.691. The van der Waals surface area contributed by atoms with Crippen molar-refractivity contribution in [2.45, 2.75) is 12.5 Å². The lowest BCUT2D eigenvalue weighted by molar-refractivity contribution is -0.121. The van der Waals surface area contributed by atoms with Crippen LogP contribution in [0.25, 0.3) is 0 Å². The minimum atomic E-state index is -0.790. The number of nitrogens with two attached hydrogens (primary N) is 1. The summed E-state index contributed by atoms with van der Waals surface area (Å²) >= 11 is 0. The van der Waals surface area contributed by atoms with Gasteiger partial charge in [0.1, 0.15) is 18.5 Å². The van der Waals surface area contributed by atoms with Gasteiger partial charge in [0.15, 0.2) is 11.5 Å². The van der Waals surface area contributed by atoms with Gasteiger partial charge in [0.25, 0.3) is 0 Å². The topological polar surface area (TPSA) is 103 Å². The first-order valence-electron chi connectivity index (χ1n) is 6.36. The van der Waals surface area contributed by atoms with Crippen LogP contribution in [0.5, 0.6) is 17.2 Å². The Labute approximate surface area is 128 Å². The monoisotopic (exact) mass is 318 g/mol. The van der Waals surface area contributed by atoms with E-state index in [0.29, 0.717) is 17.2 Å². The molecule has 0 spiro atoms.